The normalized spacial score (nSPS) is 13.9. The van der Waals surface area contributed by atoms with Crippen LogP contribution in [-0.4, -0.2) is 52.7 Å². The zero-order valence-electron chi connectivity index (χ0n) is 15.6. The first-order chi connectivity index (χ1) is 13.5. The molecule has 0 N–H and O–H groups in total. The first-order valence-corrected chi connectivity index (χ1v) is 9.03. The summed E-state index contributed by atoms with van der Waals surface area (Å²) in [6.07, 6.45) is 0.215. The lowest BCUT2D eigenvalue weighted by atomic mass is 10.1. The van der Waals surface area contributed by atoms with Gasteiger partial charge in [0.25, 0.3) is 0 Å². The minimum atomic E-state index is -0.398. The molecule has 144 valence electrons. The second kappa shape index (κ2) is 8.57. The Hall–Kier alpha value is -3.34. The number of aromatic nitrogens is 2. The molecule has 8 heteroatoms. The summed E-state index contributed by atoms with van der Waals surface area (Å²) >= 11 is 0. The number of nitriles is 1. The van der Waals surface area contributed by atoms with E-state index in [1.54, 1.807) is 11.0 Å². The van der Waals surface area contributed by atoms with Crippen molar-refractivity contribution in [2.75, 3.05) is 31.1 Å². The van der Waals surface area contributed by atoms with E-state index in [1.165, 1.54) is 24.3 Å². The number of Topliss-reactive ketones (excluding diaryl/α,β-unsaturated/α-hetero) is 1. The van der Waals surface area contributed by atoms with E-state index in [0.717, 1.165) is 5.69 Å². The van der Waals surface area contributed by atoms with Gasteiger partial charge in [-0.05, 0) is 37.3 Å². The summed E-state index contributed by atoms with van der Waals surface area (Å²) in [6.45, 7) is 3.94. The number of benzene rings is 1. The average molecular weight is 381 g/mol. The van der Waals surface area contributed by atoms with E-state index in [9.17, 15) is 14.0 Å². The van der Waals surface area contributed by atoms with Crippen LogP contribution in [0.1, 0.15) is 34.6 Å². The fourth-order valence-electron chi connectivity index (χ4n) is 3.07. The summed E-state index contributed by atoms with van der Waals surface area (Å²) in [7, 11) is 0. The smallest absolute Gasteiger partial charge is 0.226 e. The third-order valence-corrected chi connectivity index (χ3v) is 4.60. The Morgan fingerprint density at radius 1 is 1.11 bits per heavy atom. The van der Waals surface area contributed by atoms with Gasteiger partial charge in [0.1, 0.15) is 17.6 Å². The van der Waals surface area contributed by atoms with Crippen LogP contribution in [0.5, 0.6) is 0 Å². The minimum absolute atomic E-state index is 0.0852. The molecule has 1 amide bonds. The van der Waals surface area contributed by atoms with Gasteiger partial charge in [-0.15, -0.1) is 0 Å². The summed E-state index contributed by atoms with van der Waals surface area (Å²) in [5.41, 5.74) is 1.45. The van der Waals surface area contributed by atoms with Gasteiger partial charge in [-0.2, -0.15) is 5.26 Å². The number of nitrogens with zero attached hydrogens (tertiary/aromatic N) is 5. The molecule has 1 aliphatic rings. The second-order valence-corrected chi connectivity index (χ2v) is 6.60. The Morgan fingerprint density at radius 2 is 1.79 bits per heavy atom. The van der Waals surface area contributed by atoms with E-state index < -0.39 is 5.82 Å². The van der Waals surface area contributed by atoms with Crippen molar-refractivity contribution < 1.29 is 14.0 Å². The monoisotopic (exact) mass is 381 g/mol. The quantitative estimate of drug-likeness (QED) is 0.737. The molecular formula is C20H20FN5O2. The van der Waals surface area contributed by atoms with Crippen molar-refractivity contribution in [1.29, 1.82) is 5.26 Å². The van der Waals surface area contributed by atoms with Crippen LogP contribution < -0.4 is 4.90 Å². The van der Waals surface area contributed by atoms with E-state index in [2.05, 4.69) is 9.97 Å². The Kier molecular flexibility index (Phi) is 5.94. The molecule has 1 saturated heterocycles. The van der Waals surface area contributed by atoms with Crippen LogP contribution in [0.4, 0.5) is 10.3 Å². The zero-order chi connectivity index (χ0) is 20.1. The van der Waals surface area contributed by atoms with Crippen LogP contribution in [0.25, 0.3) is 0 Å². The van der Waals surface area contributed by atoms with Gasteiger partial charge in [0.2, 0.25) is 11.9 Å². The van der Waals surface area contributed by atoms with E-state index in [4.69, 9.17) is 5.26 Å². The number of hydrogen-bond acceptors (Lipinski definition) is 6. The van der Waals surface area contributed by atoms with Crippen molar-refractivity contribution in [1.82, 2.24) is 14.9 Å². The number of hydrogen-bond donors (Lipinski definition) is 0. The van der Waals surface area contributed by atoms with Gasteiger partial charge in [-0.25, -0.2) is 14.4 Å². The van der Waals surface area contributed by atoms with E-state index >= 15 is 0 Å². The Balaban J connectivity index is 1.51. The maximum absolute atomic E-state index is 12.9. The highest BCUT2D eigenvalue weighted by atomic mass is 19.1. The molecule has 0 atom stereocenters. The molecule has 1 aliphatic heterocycles. The largest absolute Gasteiger partial charge is 0.339 e. The topological polar surface area (TPSA) is 90.2 Å². The molecule has 28 heavy (non-hydrogen) atoms. The van der Waals surface area contributed by atoms with Crippen molar-refractivity contribution in [2.24, 2.45) is 0 Å². The Morgan fingerprint density at radius 3 is 2.43 bits per heavy atom. The van der Waals surface area contributed by atoms with Crippen LogP contribution in [-0.2, 0) is 4.79 Å². The van der Waals surface area contributed by atoms with Crippen LogP contribution in [0.3, 0.4) is 0 Å². The molecule has 0 aliphatic carbocycles. The summed E-state index contributed by atoms with van der Waals surface area (Å²) in [4.78, 5) is 36.8. The van der Waals surface area contributed by atoms with Gasteiger partial charge in [-0.1, -0.05) is 0 Å². The number of anilines is 1. The highest BCUT2D eigenvalue weighted by molar-refractivity contribution is 5.97. The zero-order valence-corrected chi connectivity index (χ0v) is 15.6. The summed E-state index contributed by atoms with van der Waals surface area (Å²) < 4.78 is 12.9. The number of aryl methyl sites for hydroxylation is 1. The van der Waals surface area contributed by atoms with Gasteiger partial charge in [0.05, 0.1) is 0 Å². The summed E-state index contributed by atoms with van der Waals surface area (Å²) in [5.74, 6) is -0.165. The standard InChI is InChI=1S/C20H20FN5O2/c1-14-12-17(13-22)24-20(23-14)26-10-8-25(9-11-26)19(28)7-6-18(27)15-2-4-16(21)5-3-15/h2-5,12H,6-11H2,1H3. The maximum atomic E-state index is 12.9. The van der Waals surface area contributed by atoms with Crippen molar-refractivity contribution in [3.63, 3.8) is 0 Å². The van der Waals surface area contributed by atoms with Crippen molar-refractivity contribution in [3.05, 3.63) is 53.1 Å². The van der Waals surface area contributed by atoms with Crippen LogP contribution in [0.2, 0.25) is 0 Å². The molecule has 0 saturated carbocycles. The number of piperazine rings is 1. The van der Waals surface area contributed by atoms with Gasteiger partial charge >= 0.3 is 0 Å². The minimum Gasteiger partial charge on any atom is -0.339 e. The molecule has 0 spiro atoms. The highest BCUT2D eigenvalue weighted by Gasteiger charge is 2.23. The maximum Gasteiger partial charge on any atom is 0.226 e. The van der Waals surface area contributed by atoms with Gasteiger partial charge < -0.3 is 9.80 Å². The number of amides is 1. The fourth-order valence-corrected chi connectivity index (χ4v) is 3.07. The fraction of sp³-hybridized carbons (Fsp3) is 0.350. The van der Waals surface area contributed by atoms with Gasteiger partial charge in [0.15, 0.2) is 5.78 Å². The molecule has 2 aromatic rings. The first-order valence-electron chi connectivity index (χ1n) is 9.03. The van der Waals surface area contributed by atoms with E-state index in [1.807, 2.05) is 17.9 Å². The third kappa shape index (κ3) is 4.68. The summed E-state index contributed by atoms with van der Waals surface area (Å²) in [5, 5.41) is 9.04. The van der Waals surface area contributed by atoms with Crippen molar-refractivity contribution >= 4 is 17.6 Å². The Labute approximate surface area is 162 Å². The second-order valence-electron chi connectivity index (χ2n) is 6.60. The van der Waals surface area contributed by atoms with Crippen LogP contribution >= 0.6 is 0 Å². The molecule has 0 unspecified atom stereocenters. The van der Waals surface area contributed by atoms with Crippen LogP contribution in [0, 0.1) is 24.1 Å². The molecule has 0 bridgehead atoms. The van der Waals surface area contributed by atoms with Gasteiger partial charge in [0, 0.05) is 50.3 Å². The Bertz CT molecular complexity index is 915. The lowest BCUT2D eigenvalue weighted by Gasteiger charge is -2.34. The molecular weight excluding hydrogens is 361 g/mol. The number of carbonyl (C=O) groups excluding carboxylic acids is 2. The third-order valence-electron chi connectivity index (χ3n) is 4.60. The number of ketones is 1. The van der Waals surface area contributed by atoms with Crippen LogP contribution in [0.15, 0.2) is 30.3 Å². The van der Waals surface area contributed by atoms with E-state index in [0.29, 0.717) is 43.4 Å². The number of halogens is 1. The highest BCUT2D eigenvalue weighted by Crippen LogP contribution is 2.14. The molecule has 1 aromatic carbocycles. The predicted octanol–water partition coefficient (Wildman–Crippen LogP) is 2.11. The molecule has 2 heterocycles. The van der Waals surface area contributed by atoms with Crippen molar-refractivity contribution in [2.45, 2.75) is 19.8 Å². The molecule has 1 aromatic heterocycles. The van der Waals surface area contributed by atoms with Crippen molar-refractivity contribution in [3.8, 4) is 6.07 Å². The predicted molar refractivity (Wildman–Crippen MR) is 100 cm³/mol. The molecule has 7 nitrogen and oxygen atoms in total. The first kappa shape index (κ1) is 19.4. The average Bonchev–Trinajstić information content (AvgIpc) is 2.72. The van der Waals surface area contributed by atoms with Gasteiger partial charge in [-0.3, -0.25) is 9.59 Å². The van der Waals surface area contributed by atoms with E-state index in [-0.39, 0.29) is 24.5 Å². The lowest BCUT2D eigenvalue weighted by Crippen LogP contribution is -2.49. The number of carbonyl (C=O) groups is 2. The SMILES string of the molecule is Cc1cc(C#N)nc(N2CCN(C(=O)CCC(=O)c3ccc(F)cc3)CC2)n1. The lowest BCUT2D eigenvalue weighted by molar-refractivity contribution is -0.131. The molecule has 1 fully saturated rings. The summed E-state index contributed by atoms with van der Waals surface area (Å²) in [6, 6.07) is 8.98. The molecule has 0 radical (unpaired) electrons. The number of rotatable bonds is 5. The molecule has 3 rings (SSSR count).